The summed E-state index contributed by atoms with van der Waals surface area (Å²) in [5.74, 6) is -0.535. The molecular formula is C14H11Cl2N3OS. The first-order valence-electron chi connectivity index (χ1n) is 5.88. The van der Waals surface area contributed by atoms with Crippen molar-refractivity contribution in [3.63, 3.8) is 0 Å². The smallest absolute Gasteiger partial charge is 0.250 e. The van der Waals surface area contributed by atoms with E-state index < -0.39 is 5.91 Å². The number of carbonyl (C=O) groups excluding carboxylic acids is 1. The molecule has 0 unspecified atom stereocenters. The highest BCUT2D eigenvalue weighted by Crippen LogP contribution is 2.23. The monoisotopic (exact) mass is 339 g/mol. The lowest BCUT2D eigenvalue weighted by molar-refractivity contribution is 0.100. The summed E-state index contributed by atoms with van der Waals surface area (Å²) < 4.78 is 0. The van der Waals surface area contributed by atoms with Crippen LogP contribution >= 0.6 is 35.4 Å². The molecule has 0 aliphatic heterocycles. The summed E-state index contributed by atoms with van der Waals surface area (Å²) in [4.78, 5) is 11.3. The molecule has 0 bridgehead atoms. The van der Waals surface area contributed by atoms with Crippen LogP contribution in [0.3, 0.4) is 0 Å². The van der Waals surface area contributed by atoms with Gasteiger partial charge in [0.15, 0.2) is 5.11 Å². The standard InChI is InChI=1S/C14H11Cl2N3OS/c15-8-5-9(16)7-10(6-8)18-14(21)19-12-4-2-1-3-11(12)13(17)20/h1-7H,(H2,17,20)(H2,18,19,21). The van der Waals surface area contributed by atoms with Crippen molar-refractivity contribution in [2.75, 3.05) is 10.6 Å². The topological polar surface area (TPSA) is 67.2 Å². The summed E-state index contributed by atoms with van der Waals surface area (Å²) in [5.41, 5.74) is 6.82. The lowest BCUT2D eigenvalue weighted by Crippen LogP contribution is -2.22. The third-order valence-corrected chi connectivity index (χ3v) is 3.20. The summed E-state index contributed by atoms with van der Waals surface area (Å²) >= 11 is 17.0. The van der Waals surface area contributed by atoms with Crippen LogP contribution in [-0.4, -0.2) is 11.0 Å². The first kappa shape index (κ1) is 15.6. The quantitative estimate of drug-likeness (QED) is 0.742. The van der Waals surface area contributed by atoms with Gasteiger partial charge in [-0.05, 0) is 42.5 Å². The first-order valence-corrected chi connectivity index (χ1v) is 7.05. The maximum Gasteiger partial charge on any atom is 0.250 e. The van der Waals surface area contributed by atoms with Gasteiger partial charge in [-0.1, -0.05) is 35.3 Å². The number of thiocarbonyl (C=S) groups is 1. The minimum Gasteiger partial charge on any atom is -0.366 e. The number of anilines is 2. The Morgan fingerprint density at radius 1 is 1.05 bits per heavy atom. The van der Waals surface area contributed by atoms with E-state index in [0.717, 1.165) is 0 Å². The number of nitrogens with one attached hydrogen (secondary N) is 2. The second-order valence-electron chi connectivity index (χ2n) is 4.15. The molecule has 21 heavy (non-hydrogen) atoms. The zero-order chi connectivity index (χ0) is 15.4. The van der Waals surface area contributed by atoms with E-state index in [1.807, 2.05) is 0 Å². The van der Waals surface area contributed by atoms with Crippen molar-refractivity contribution >= 4 is 57.8 Å². The fourth-order valence-electron chi connectivity index (χ4n) is 1.72. The number of carbonyl (C=O) groups is 1. The van der Waals surface area contributed by atoms with Gasteiger partial charge in [-0.2, -0.15) is 0 Å². The molecule has 2 aromatic carbocycles. The van der Waals surface area contributed by atoms with Gasteiger partial charge in [0.05, 0.1) is 11.3 Å². The lowest BCUT2D eigenvalue weighted by Gasteiger charge is -2.13. The van der Waals surface area contributed by atoms with E-state index in [1.165, 1.54) is 0 Å². The number of amides is 1. The Bertz CT molecular complexity index is 686. The van der Waals surface area contributed by atoms with Crippen LogP contribution in [0.4, 0.5) is 11.4 Å². The van der Waals surface area contributed by atoms with Crippen molar-refractivity contribution in [1.82, 2.24) is 0 Å². The Balaban J connectivity index is 2.14. The Morgan fingerprint density at radius 2 is 1.67 bits per heavy atom. The molecule has 0 radical (unpaired) electrons. The maximum atomic E-state index is 11.3. The number of primary amides is 1. The fraction of sp³-hybridized carbons (Fsp3) is 0. The van der Waals surface area contributed by atoms with E-state index in [1.54, 1.807) is 42.5 Å². The van der Waals surface area contributed by atoms with E-state index in [0.29, 0.717) is 32.1 Å². The van der Waals surface area contributed by atoms with Crippen molar-refractivity contribution < 1.29 is 4.79 Å². The molecule has 0 aliphatic rings. The number of halogens is 2. The average molecular weight is 340 g/mol. The molecule has 2 aromatic rings. The molecule has 7 heteroatoms. The summed E-state index contributed by atoms with van der Waals surface area (Å²) in [6.07, 6.45) is 0. The Hall–Kier alpha value is -1.82. The SMILES string of the molecule is NC(=O)c1ccccc1NC(=S)Nc1cc(Cl)cc(Cl)c1. The number of rotatable bonds is 3. The molecule has 1 amide bonds. The van der Waals surface area contributed by atoms with Crippen LogP contribution in [0.1, 0.15) is 10.4 Å². The van der Waals surface area contributed by atoms with Crippen LogP contribution in [0.25, 0.3) is 0 Å². The van der Waals surface area contributed by atoms with Gasteiger partial charge in [0.2, 0.25) is 0 Å². The molecule has 4 nitrogen and oxygen atoms in total. The van der Waals surface area contributed by atoms with Gasteiger partial charge in [-0.3, -0.25) is 4.79 Å². The summed E-state index contributed by atoms with van der Waals surface area (Å²) in [5, 5.41) is 7.13. The largest absolute Gasteiger partial charge is 0.366 e. The van der Waals surface area contributed by atoms with Gasteiger partial charge in [0.25, 0.3) is 5.91 Å². The normalized spacial score (nSPS) is 10.0. The highest BCUT2D eigenvalue weighted by molar-refractivity contribution is 7.80. The molecule has 0 saturated carbocycles. The third-order valence-electron chi connectivity index (χ3n) is 2.56. The van der Waals surface area contributed by atoms with E-state index >= 15 is 0 Å². The third kappa shape index (κ3) is 4.32. The van der Waals surface area contributed by atoms with E-state index in [9.17, 15) is 4.79 Å². The van der Waals surface area contributed by atoms with Crippen molar-refractivity contribution in [2.45, 2.75) is 0 Å². The average Bonchev–Trinajstić information content (AvgIpc) is 2.37. The van der Waals surface area contributed by atoms with Gasteiger partial charge in [0.1, 0.15) is 0 Å². The second kappa shape index (κ2) is 6.76. The summed E-state index contributed by atoms with van der Waals surface area (Å²) in [6.45, 7) is 0. The van der Waals surface area contributed by atoms with Crippen molar-refractivity contribution in [2.24, 2.45) is 5.73 Å². The van der Waals surface area contributed by atoms with Gasteiger partial charge in [-0.15, -0.1) is 0 Å². The minimum atomic E-state index is -0.535. The fourth-order valence-corrected chi connectivity index (χ4v) is 2.47. The van der Waals surface area contributed by atoms with Crippen LogP contribution < -0.4 is 16.4 Å². The zero-order valence-corrected chi connectivity index (χ0v) is 13.0. The predicted molar refractivity (Wildman–Crippen MR) is 91.3 cm³/mol. The molecule has 0 aromatic heterocycles. The lowest BCUT2D eigenvalue weighted by atomic mass is 10.1. The van der Waals surface area contributed by atoms with E-state index in [4.69, 9.17) is 41.2 Å². The maximum absolute atomic E-state index is 11.3. The van der Waals surface area contributed by atoms with Gasteiger partial charge in [0, 0.05) is 15.7 Å². The molecule has 108 valence electrons. The van der Waals surface area contributed by atoms with Gasteiger partial charge in [-0.25, -0.2) is 0 Å². The van der Waals surface area contributed by atoms with Crippen molar-refractivity contribution in [1.29, 1.82) is 0 Å². The number of nitrogens with two attached hydrogens (primary N) is 1. The van der Waals surface area contributed by atoms with Crippen molar-refractivity contribution in [3.05, 3.63) is 58.1 Å². The molecule has 0 fully saturated rings. The Morgan fingerprint density at radius 3 is 2.29 bits per heavy atom. The highest BCUT2D eigenvalue weighted by Gasteiger charge is 2.08. The number of hydrogen-bond acceptors (Lipinski definition) is 2. The Kier molecular flexibility index (Phi) is 5.01. The van der Waals surface area contributed by atoms with E-state index in [2.05, 4.69) is 10.6 Å². The van der Waals surface area contributed by atoms with Crippen LogP contribution in [0.5, 0.6) is 0 Å². The molecule has 0 aliphatic carbocycles. The van der Waals surface area contributed by atoms with Crippen LogP contribution in [-0.2, 0) is 0 Å². The summed E-state index contributed by atoms with van der Waals surface area (Å²) in [7, 11) is 0. The van der Waals surface area contributed by atoms with Crippen LogP contribution in [0.2, 0.25) is 10.0 Å². The predicted octanol–water partition coefficient (Wildman–Crippen LogP) is 3.90. The minimum absolute atomic E-state index is 0.294. The molecule has 0 heterocycles. The molecule has 4 N–H and O–H groups in total. The van der Waals surface area contributed by atoms with Crippen LogP contribution in [0.15, 0.2) is 42.5 Å². The highest BCUT2D eigenvalue weighted by atomic mass is 35.5. The van der Waals surface area contributed by atoms with E-state index in [-0.39, 0.29) is 0 Å². The van der Waals surface area contributed by atoms with Crippen LogP contribution in [0, 0.1) is 0 Å². The summed E-state index contributed by atoms with van der Waals surface area (Å²) in [6, 6.07) is 11.8. The first-order chi connectivity index (χ1) is 9.95. The molecule has 0 spiro atoms. The molecule has 2 rings (SSSR count). The van der Waals surface area contributed by atoms with Gasteiger partial charge < -0.3 is 16.4 Å². The zero-order valence-electron chi connectivity index (χ0n) is 10.7. The second-order valence-corrected chi connectivity index (χ2v) is 5.43. The molecule has 0 atom stereocenters. The molecule has 0 saturated heterocycles. The number of para-hydroxylation sites is 1. The van der Waals surface area contributed by atoms with Gasteiger partial charge >= 0.3 is 0 Å². The Labute approximate surface area is 137 Å². The van der Waals surface area contributed by atoms with Crippen molar-refractivity contribution in [3.8, 4) is 0 Å². The number of benzene rings is 2. The molecular weight excluding hydrogens is 329 g/mol. The number of hydrogen-bond donors (Lipinski definition) is 3.